The number of carbonyl (C=O) groups excluding carboxylic acids is 1. The third-order valence-corrected chi connectivity index (χ3v) is 3.51. The van der Waals surface area contributed by atoms with Crippen molar-refractivity contribution in [3.05, 3.63) is 29.3 Å². The Morgan fingerprint density at radius 3 is 2.68 bits per heavy atom. The molecule has 3 N–H and O–H groups in total. The molecule has 0 unspecified atom stereocenters. The van der Waals surface area contributed by atoms with Gasteiger partial charge < -0.3 is 16.0 Å². The van der Waals surface area contributed by atoms with E-state index in [9.17, 15) is 4.79 Å². The number of amides is 2. The van der Waals surface area contributed by atoms with Crippen molar-refractivity contribution < 1.29 is 4.79 Å². The molecule has 104 valence electrons. The molecule has 19 heavy (non-hydrogen) atoms. The highest BCUT2D eigenvalue weighted by molar-refractivity contribution is 6.30. The van der Waals surface area contributed by atoms with E-state index in [4.69, 9.17) is 17.3 Å². The molecule has 0 aromatic heterocycles. The van der Waals surface area contributed by atoms with E-state index in [-0.39, 0.29) is 0 Å². The number of hydrogen-bond acceptors (Lipinski definition) is 3. The molecule has 1 saturated heterocycles. The minimum Gasteiger partial charge on any atom is -0.369 e. The summed E-state index contributed by atoms with van der Waals surface area (Å²) in [4.78, 5) is 15.2. The zero-order valence-corrected chi connectivity index (χ0v) is 11.6. The van der Waals surface area contributed by atoms with Gasteiger partial charge in [-0.2, -0.15) is 0 Å². The lowest BCUT2D eigenvalue weighted by Crippen LogP contribution is -2.48. The topological polar surface area (TPSA) is 61.6 Å². The summed E-state index contributed by atoms with van der Waals surface area (Å²) in [5.74, 6) is 0. The normalized spacial score (nSPS) is 16.4. The third kappa shape index (κ3) is 4.29. The van der Waals surface area contributed by atoms with Crippen LogP contribution in [0.25, 0.3) is 0 Å². The Morgan fingerprint density at radius 2 is 2.05 bits per heavy atom. The predicted octanol–water partition coefficient (Wildman–Crippen LogP) is 1.13. The summed E-state index contributed by atoms with van der Waals surface area (Å²) in [6.07, 6.45) is 0. The van der Waals surface area contributed by atoms with E-state index in [0.717, 1.165) is 37.7 Å². The van der Waals surface area contributed by atoms with Crippen molar-refractivity contribution in [3.8, 4) is 0 Å². The van der Waals surface area contributed by atoms with Crippen LogP contribution in [-0.2, 0) is 0 Å². The zero-order valence-electron chi connectivity index (χ0n) is 10.8. The maximum Gasteiger partial charge on any atom is 0.312 e. The fourth-order valence-electron chi connectivity index (χ4n) is 2.24. The lowest BCUT2D eigenvalue weighted by molar-refractivity contribution is 0.238. The van der Waals surface area contributed by atoms with Gasteiger partial charge in [-0.05, 0) is 18.2 Å². The first-order valence-electron chi connectivity index (χ1n) is 6.41. The summed E-state index contributed by atoms with van der Waals surface area (Å²) >= 11 is 6.00. The van der Waals surface area contributed by atoms with E-state index in [1.54, 1.807) is 0 Å². The second-order valence-corrected chi connectivity index (χ2v) is 5.04. The minimum absolute atomic E-state index is 0.461. The molecule has 1 aromatic rings. The molecule has 0 saturated carbocycles. The Morgan fingerprint density at radius 1 is 1.32 bits per heavy atom. The Hall–Kier alpha value is -1.46. The summed E-state index contributed by atoms with van der Waals surface area (Å²) in [7, 11) is 0. The smallest absolute Gasteiger partial charge is 0.312 e. The number of carbonyl (C=O) groups is 1. The number of nitrogens with one attached hydrogen (secondary N) is 1. The molecule has 1 aromatic carbocycles. The van der Waals surface area contributed by atoms with Crippen LogP contribution in [0.1, 0.15) is 0 Å². The van der Waals surface area contributed by atoms with Crippen LogP contribution >= 0.6 is 11.6 Å². The molecule has 1 aliphatic rings. The standard InChI is InChI=1S/C13H19ClN4O/c14-11-2-1-3-12(10-11)18-8-6-17(7-9-18)5-4-16-13(15)19/h1-3,10H,4-9H2,(H3,15,16,19). The SMILES string of the molecule is NC(=O)NCCN1CCN(c2cccc(Cl)c2)CC1. The van der Waals surface area contributed by atoms with Gasteiger partial charge >= 0.3 is 6.03 Å². The Balaban J connectivity index is 1.77. The maximum absolute atomic E-state index is 10.6. The summed E-state index contributed by atoms with van der Waals surface area (Å²) < 4.78 is 0. The number of halogens is 1. The fraction of sp³-hybridized carbons (Fsp3) is 0.462. The van der Waals surface area contributed by atoms with Gasteiger partial charge in [-0.15, -0.1) is 0 Å². The summed E-state index contributed by atoms with van der Waals surface area (Å²) in [6.45, 7) is 5.34. The largest absolute Gasteiger partial charge is 0.369 e. The number of urea groups is 1. The minimum atomic E-state index is -0.461. The van der Waals surface area contributed by atoms with Gasteiger partial charge in [0.25, 0.3) is 0 Å². The second-order valence-electron chi connectivity index (χ2n) is 4.60. The quantitative estimate of drug-likeness (QED) is 0.870. The number of hydrogen-bond donors (Lipinski definition) is 2. The highest BCUT2D eigenvalue weighted by Crippen LogP contribution is 2.20. The van der Waals surface area contributed by atoms with Crippen LogP contribution in [0.15, 0.2) is 24.3 Å². The molecule has 0 aliphatic carbocycles. The van der Waals surface area contributed by atoms with Gasteiger partial charge in [-0.25, -0.2) is 4.79 Å². The highest BCUT2D eigenvalue weighted by Gasteiger charge is 2.16. The van der Waals surface area contributed by atoms with Crippen LogP contribution in [0, 0.1) is 0 Å². The monoisotopic (exact) mass is 282 g/mol. The molecule has 1 heterocycles. The first-order valence-corrected chi connectivity index (χ1v) is 6.79. The molecule has 6 heteroatoms. The molecular formula is C13H19ClN4O. The summed E-state index contributed by atoms with van der Waals surface area (Å²) in [5, 5.41) is 3.38. The number of benzene rings is 1. The Bertz CT molecular complexity index is 432. The Kier molecular flexibility index (Phi) is 4.87. The number of piperazine rings is 1. The van der Waals surface area contributed by atoms with Crippen LogP contribution in [0.3, 0.4) is 0 Å². The van der Waals surface area contributed by atoms with E-state index in [2.05, 4.69) is 21.2 Å². The number of rotatable bonds is 4. The molecule has 2 rings (SSSR count). The maximum atomic E-state index is 10.6. The molecule has 0 radical (unpaired) electrons. The number of nitrogens with two attached hydrogens (primary N) is 1. The predicted molar refractivity (Wildman–Crippen MR) is 77.7 cm³/mol. The summed E-state index contributed by atoms with van der Waals surface area (Å²) in [5.41, 5.74) is 6.20. The van der Waals surface area contributed by atoms with Gasteiger partial charge in [0.1, 0.15) is 0 Å². The van der Waals surface area contributed by atoms with Gasteiger partial charge in [0.15, 0.2) is 0 Å². The number of primary amides is 1. The van der Waals surface area contributed by atoms with E-state index in [1.807, 2.05) is 18.2 Å². The van der Waals surface area contributed by atoms with Crippen molar-refractivity contribution in [2.75, 3.05) is 44.2 Å². The molecule has 1 aliphatic heterocycles. The van der Waals surface area contributed by atoms with E-state index in [1.165, 1.54) is 5.69 Å². The Labute approximate surface area is 118 Å². The first-order chi connectivity index (χ1) is 9.15. The van der Waals surface area contributed by atoms with Gasteiger partial charge in [0.2, 0.25) is 0 Å². The molecule has 1 fully saturated rings. The van der Waals surface area contributed by atoms with Crippen LogP contribution < -0.4 is 16.0 Å². The average Bonchev–Trinajstić information content (AvgIpc) is 2.39. The van der Waals surface area contributed by atoms with Crippen molar-refractivity contribution in [2.45, 2.75) is 0 Å². The average molecular weight is 283 g/mol. The lowest BCUT2D eigenvalue weighted by atomic mass is 10.2. The van der Waals surface area contributed by atoms with Crippen molar-refractivity contribution in [1.82, 2.24) is 10.2 Å². The van der Waals surface area contributed by atoms with Gasteiger partial charge in [0, 0.05) is 50.0 Å². The zero-order chi connectivity index (χ0) is 13.7. The van der Waals surface area contributed by atoms with E-state index < -0.39 is 6.03 Å². The van der Waals surface area contributed by atoms with Crippen molar-refractivity contribution in [3.63, 3.8) is 0 Å². The molecule has 2 amide bonds. The van der Waals surface area contributed by atoms with Crippen LogP contribution in [-0.4, -0.2) is 50.2 Å². The van der Waals surface area contributed by atoms with Crippen LogP contribution in [0.2, 0.25) is 5.02 Å². The van der Waals surface area contributed by atoms with Crippen molar-refractivity contribution in [2.24, 2.45) is 5.73 Å². The van der Waals surface area contributed by atoms with Gasteiger partial charge in [0.05, 0.1) is 0 Å². The van der Waals surface area contributed by atoms with Crippen LogP contribution in [0.5, 0.6) is 0 Å². The second kappa shape index (κ2) is 6.63. The summed E-state index contributed by atoms with van der Waals surface area (Å²) in [6, 6.07) is 7.47. The lowest BCUT2D eigenvalue weighted by Gasteiger charge is -2.36. The molecule has 0 atom stereocenters. The third-order valence-electron chi connectivity index (χ3n) is 3.27. The number of nitrogens with zero attached hydrogens (tertiary/aromatic N) is 2. The highest BCUT2D eigenvalue weighted by atomic mass is 35.5. The van der Waals surface area contributed by atoms with Crippen molar-refractivity contribution in [1.29, 1.82) is 0 Å². The van der Waals surface area contributed by atoms with E-state index in [0.29, 0.717) is 6.54 Å². The van der Waals surface area contributed by atoms with Gasteiger partial charge in [-0.1, -0.05) is 17.7 Å². The fourth-order valence-corrected chi connectivity index (χ4v) is 2.42. The van der Waals surface area contributed by atoms with E-state index >= 15 is 0 Å². The molecular weight excluding hydrogens is 264 g/mol. The molecule has 0 bridgehead atoms. The van der Waals surface area contributed by atoms with Gasteiger partial charge in [-0.3, -0.25) is 4.90 Å². The van der Waals surface area contributed by atoms with Crippen LogP contribution in [0.4, 0.5) is 10.5 Å². The molecule has 0 spiro atoms. The van der Waals surface area contributed by atoms with Crippen molar-refractivity contribution >= 4 is 23.3 Å². The first kappa shape index (κ1) is 14.0. The number of anilines is 1. The molecule has 5 nitrogen and oxygen atoms in total.